The molecule has 1 unspecified atom stereocenters. The first-order valence-electron chi connectivity index (χ1n) is 6.03. The van der Waals surface area contributed by atoms with E-state index in [1.165, 1.54) is 0 Å². The van der Waals surface area contributed by atoms with E-state index < -0.39 is 41.9 Å². The largest absolute Gasteiger partial charge is 0.481 e. The summed E-state index contributed by atoms with van der Waals surface area (Å²) in [6, 6.07) is -2.21. The summed E-state index contributed by atoms with van der Waals surface area (Å²) >= 11 is 0. The van der Waals surface area contributed by atoms with Gasteiger partial charge in [-0.3, -0.25) is 19.2 Å². The van der Waals surface area contributed by atoms with Crippen LogP contribution in [0.5, 0.6) is 0 Å². The molecule has 108 valence electrons. The van der Waals surface area contributed by atoms with Crippen molar-refractivity contribution in [3.63, 3.8) is 0 Å². The van der Waals surface area contributed by atoms with Gasteiger partial charge < -0.3 is 16.2 Å². The SMILES string of the molecule is CC[C@H](C)C(N)C(=O)N[C@@H](CC(=O)O)C(=O)C(C)=O. The number of carboxylic acid groups (broad SMARTS) is 1. The molecule has 0 spiro atoms. The number of hydrogen-bond donors (Lipinski definition) is 3. The number of ketones is 2. The topological polar surface area (TPSA) is 127 Å². The molecular formula is C12H20N2O5. The number of rotatable bonds is 8. The molecule has 19 heavy (non-hydrogen) atoms. The van der Waals surface area contributed by atoms with E-state index in [9.17, 15) is 19.2 Å². The van der Waals surface area contributed by atoms with Crippen molar-refractivity contribution in [3.05, 3.63) is 0 Å². The molecule has 3 atom stereocenters. The number of carboxylic acids is 1. The van der Waals surface area contributed by atoms with Gasteiger partial charge in [0.05, 0.1) is 12.5 Å². The normalized spacial score (nSPS) is 15.2. The Kier molecular flexibility index (Phi) is 6.92. The zero-order chi connectivity index (χ0) is 15.2. The molecule has 0 saturated carbocycles. The number of hydrogen-bond acceptors (Lipinski definition) is 5. The molecule has 0 bridgehead atoms. The minimum absolute atomic E-state index is 0.113. The van der Waals surface area contributed by atoms with E-state index in [1.54, 1.807) is 6.92 Å². The third-order valence-electron chi connectivity index (χ3n) is 2.92. The predicted molar refractivity (Wildman–Crippen MR) is 67.3 cm³/mol. The predicted octanol–water partition coefficient (Wildman–Crippen LogP) is -0.523. The molecule has 1 amide bonds. The second-order valence-corrected chi connectivity index (χ2v) is 4.49. The zero-order valence-electron chi connectivity index (χ0n) is 11.3. The minimum atomic E-state index is -1.36. The van der Waals surface area contributed by atoms with E-state index in [1.807, 2.05) is 6.92 Å². The Hall–Kier alpha value is -1.76. The minimum Gasteiger partial charge on any atom is -0.481 e. The van der Waals surface area contributed by atoms with Crippen LogP contribution in [0.2, 0.25) is 0 Å². The molecule has 7 heteroatoms. The summed E-state index contributed by atoms with van der Waals surface area (Å²) < 4.78 is 0. The summed E-state index contributed by atoms with van der Waals surface area (Å²) in [6.07, 6.45) is 0.0240. The van der Waals surface area contributed by atoms with E-state index >= 15 is 0 Å². The number of aliphatic carboxylic acids is 1. The molecule has 0 saturated heterocycles. The van der Waals surface area contributed by atoms with Crippen molar-refractivity contribution in [2.75, 3.05) is 0 Å². The van der Waals surface area contributed by atoms with Gasteiger partial charge in [0.15, 0.2) is 5.78 Å². The van der Waals surface area contributed by atoms with Crippen LogP contribution in [0, 0.1) is 5.92 Å². The molecule has 0 aromatic carbocycles. The van der Waals surface area contributed by atoms with Crippen molar-refractivity contribution < 1.29 is 24.3 Å². The van der Waals surface area contributed by atoms with Gasteiger partial charge in [0.25, 0.3) is 0 Å². The van der Waals surface area contributed by atoms with Crippen LogP contribution in [0.25, 0.3) is 0 Å². The Balaban J connectivity index is 4.82. The molecule has 0 aliphatic heterocycles. The van der Waals surface area contributed by atoms with Crippen molar-refractivity contribution in [2.45, 2.75) is 45.7 Å². The maximum atomic E-state index is 11.8. The molecular weight excluding hydrogens is 252 g/mol. The highest BCUT2D eigenvalue weighted by atomic mass is 16.4. The van der Waals surface area contributed by atoms with E-state index in [0.717, 1.165) is 6.92 Å². The fourth-order valence-electron chi connectivity index (χ4n) is 1.41. The average molecular weight is 272 g/mol. The summed E-state index contributed by atoms with van der Waals surface area (Å²) in [5.74, 6) is -3.76. The molecule has 4 N–H and O–H groups in total. The lowest BCUT2D eigenvalue weighted by atomic mass is 9.98. The quantitative estimate of drug-likeness (QED) is 0.510. The van der Waals surface area contributed by atoms with Gasteiger partial charge in [-0.15, -0.1) is 0 Å². The highest BCUT2D eigenvalue weighted by Crippen LogP contribution is 2.06. The van der Waals surface area contributed by atoms with Crippen LogP contribution in [0.3, 0.4) is 0 Å². The molecule has 0 aromatic rings. The van der Waals surface area contributed by atoms with E-state index in [0.29, 0.717) is 6.42 Å². The van der Waals surface area contributed by atoms with Crippen LogP contribution in [0.1, 0.15) is 33.6 Å². The number of Topliss-reactive ketones (excluding diaryl/α,β-unsaturated/α-hetero) is 2. The molecule has 0 aromatic heterocycles. The third-order valence-corrected chi connectivity index (χ3v) is 2.92. The molecule has 0 fully saturated rings. The van der Waals surface area contributed by atoms with Gasteiger partial charge in [-0.05, 0) is 5.92 Å². The van der Waals surface area contributed by atoms with Crippen LogP contribution >= 0.6 is 0 Å². The standard InChI is InChI=1S/C12H20N2O5/c1-4-6(2)10(13)12(19)14-8(5-9(16)17)11(18)7(3)15/h6,8,10H,4-5,13H2,1-3H3,(H,14,19)(H,16,17)/t6-,8-,10?/m0/s1. The molecule has 7 nitrogen and oxygen atoms in total. The van der Waals surface area contributed by atoms with E-state index in [-0.39, 0.29) is 5.92 Å². The number of carbonyl (C=O) groups excluding carboxylic acids is 3. The van der Waals surface area contributed by atoms with Gasteiger partial charge in [-0.25, -0.2) is 0 Å². The Labute approximate surface area is 111 Å². The van der Waals surface area contributed by atoms with Crippen molar-refractivity contribution in [2.24, 2.45) is 11.7 Å². The Bertz CT molecular complexity index is 380. The van der Waals surface area contributed by atoms with Gasteiger partial charge in [0.2, 0.25) is 11.7 Å². The van der Waals surface area contributed by atoms with Crippen molar-refractivity contribution >= 4 is 23.4 Å². The fraction of sp³-hybridized carbons (Fsp3) is 0.667. The third kappa shape index (κ3) is 5.60. The Morgan fingerprint density at radius 3 is 2.16 bits per heavy atom. The Morgan fingerprint density at radius 1 is 1.26 bits per heavy atom. The number of nitrogens with two attached hydrogens (primary N) is 1. The Morgan fingerprint density at radius 2 is 1.79 bits per heavy atom. The summed E-state index contributed by atoms with van der Waals surface area (Å²) in [6.45, 7) is 4.65. The maximum absolute atomic E-state index is 11.8. The molecule has 0 rings (SSSR count). The zero-order valence-corrected chi connectivity index (χ0v) is 11.3. The molecule has 0 aliphatic rings. The second-order valence-electron chi connectivity index (χ2n) is 4.49. The van der Waals surface area contributed by atoms with Gasteiger partial charge in [-0.1, -0.05) is 20.3 Å². The number of carbonyl (C=O) groups is 4. The van der Waals surface area contributed by atoms with Gasteiger partial charge in [0, 0.05) is 6.92 Å². The second kappa shape index (κ2) is 7.63. The first-order valence-corrected chi connectivity index (χ1v) is 6.03. The van der Waals surface area contributed by atoms with Gasteiger partial charge in [-0.2, -0.15) is 0 Å². The first-order chi connectivity index (χ1) is 8.70. The van der Waals surface area contributed by atoms with Crippen LogP contribution in [-0.4, -0.2) is 40.6 Å². The summed E-state index contributed by atoms with van der Waals surface area (Å²) in [4.78, 5) is 44.9. The summed E-state index contributed by atoms with van der Waals surface area (Å²) in [5.41, 5.74) is 5.67. The van der Waals surface area contributed by atoms with Crippen LogP contribution in [0.4, 0.5) is 0 Å². The monoisotopic (exact) mass is 272 g/mol. The summed E-state index contributed by atoms with van der Waals surface area (Å²) in [5, 5.41) is 10.9. The fourth-order valence-corrected chi connectivity index (χ4v) is 1.41. The molecule has 0 radical (unpaired) electrons. The lowest BCUT2D eigenvalue weighted by molar-refractivity contribution is -0.142. The lowest BCUT2D eigenvalue weighted by Crippen LogP contribution is -2.52. The lowest BCUT2D eigenvalue weighted by Gasteiger charge is -2.21. The van der Waals surface area contributed by atoms with Gasteiger partial charge in [0.1, 0.15) is 6.04 Å². The highest BCUT2D eigenvalue weighted by molar-refractivity contribution is 6.38. The van der Waals surface area contributed by atoms with Crippen molar-refractivity contribution in [3.8, 4) is 0 Å². The number of amides is 1. The average Bonchev–Trinajstić information content (AvgIpc) is 2.34. The number of nitrogens with one attached hydrogen (secondary N) is 1. The first kappa shape index (κ1) is 17.2. The summed E-state index contributed by atoms with van der Waals surface area (Å²) in [7, 11) is 0. The van der Waals surface area contributed by atoms with E-state index in [2.05, 4.69) is 5.32 Å². The van der Waals surface area contributed by atoms with Crippen LogP contribution in [-0.2, 0) is 19.2 Å². The van der Waals surface area contributed by atoms with Crippen LogP contribution < -0.4 is 11.1 Å². The molecule has 0 heterocycles. The highest BCUT2D eigenvalue weighted by Gasteiger charge is 2.29. The van der Waals surface area contributed by atoms with Crippen molar-refractivity contribution in [1.82, 2.24) is 5.32 Å². The van der Waals surface area contributed by atoms with Crippen LogP contribution in [0.15, 0.2) is 0 Å². The van der Waals surface area contributed by atoms with E-state index in [4.69, 9.17) is 10.8 Å². The molecule has 0 aliphatic carbocycles. The maximum Gasteiger partial charge on any atom is 0.305 e. The van der Waals surface area contributed by atoms with Gasteiger partial charge >= 0.3 is 5.97 Å². The van der Waals surface area contributed by atoms with Crippen molar-refractivity contribution in [1.29, 1.82) is 0 Å². The smallest absolute Gasteiger partial charge is 0.305 e.